The van der Waals surface area contributed by atoms with Crippen LogP contribution in [-0.2, 0) is 9.53 Å². The summed E-state index contributed by atoms with van der Waals surface area (Å²) in [6, 6.07) is 5.94. The zero-order valence-corrected chi connectivity index (χ0v) is 15.9. The fraction of sp³-hybridized carbons (Fsp3) is 0.211. The molecule has 29 heavy (non-hydrogen) atoms. The van der Waals surface area contributed by atoms with Gasteiger partial charge in [-0.15, -0.1) is 0 Å². The maximum atomic E-state index is 12.5. The minimum atomic E-state index is -0.779. The lowest BCUT2D eigenvalue weighted by Gasteiger charge is -2.05. The first-order valence-electron chi connectivity index (χ1n) is 8.51. The maximum Gasteiger partial charge on any atom is 0.433 e. The largest absolute Gasteiger partial charge is 0.454 e. The van der Waals surface area contributed by atoms with Gasteiger partial charge in [0.2, 0.25) is 5.78 Å². The number of hydrogen-bond acceptors (Lipinski definition) is 8. The quantitative estimate of drug-likeness (QED) is 0.194. The topological polar surface area (TPSA) is 131 Å². The van der Waals surface area contributed by atoms with Crippen LogP contribution in [0.4, 0.5) is 5.88 Å². The van der Waals surface area contributed by atoms with E-state index in [4.69, 9.17) is 13.7 Å². The lowest BCUT2D eigenvalue weighted by molar-refractivity contribution is -0.402. The fourth-order valence-corrected chi connectivity index (χ4v) is 2.80. The number of nitro groups is 1. The predicted molar refractivity (Wildman–Crippen MR) is 99.7 cm³/mol. The summed E-state index contributed by atoms with van der Waals surface area (Å²) < 4.78 is 16.7. The van der Waals surface area contributed by atoms with Gasteiger partial charge in [0.1, 0.15) is 16.4 Å². The minimum absolute atomic E-state index is 0.117. The predicted octanol–water partition coefficient (Wildman–Crippen LogP) is 3.33. The first kappa shape index (κ1) is 19.8. The molecule has 0 unspecified atom stereocenters. The molecule has 3 aromatic heterocycles. The van der Waals surface area contributed by atoms with E-state index in [2.05, 4.69) is 5.16 Å². The Balaban J connectivity index is 1.64. The third kappa shape index (κ3) is 4.32. The first-order chi connectivity index (χ1) is 13.8. The number of esters is 1. The summed E-state index contributed by atoms with van der Waals surface area (Å²) in [7, 11) is 0. The average Bonchev–Trinajstić information content (AvgIpc) is 3.37. The lowest BCUT2D eigenvalue weighted by atomic mass is 10.1. The van der Waals surface area contributed by atoms with Crippen molar-refractivity contribution in [2.75, 3.05) is 6.61 Å². The van der Waals surface area contributed by atoms with Gasteiger partial charge in [0, 0.05) is 29.1 Å². The summed E-state index contributed by atoms with van der Waals surface area (Å²) in [5.74, 6) is -0.275. The van der Waals surface area contributed by atoms with Crippen molar-refractivity contribution in [3.05, 3.63) is 68.9 Å². The van der Waals surface area contributed by atoms with Gasteiger partial charge in [-0.05, 0) is 39.0 Å². The number of aryl methyl sites for hydroxylation is 2. The molecule has 150 valence electrons. The van der Waals surface area contributed by atoms with Crippen LogP contribution in [0.25, 0.3) is 11.9 Å². The van der Waals surface area contributed by atoms with E-state index in [0.29, 0.717) is 22.8 Å². The molecule has 0 aliphatic heterocycles. The van der Waals surface area contributed by atoms with Crippen LogP contribution in [0.5, 0.6) is 0 Å². The standard InChI is InChI=1S/C19H17N3O7/c1-11-8-15(13(3)21(11)17-9-12(2)29-20-17)16(23)10-27-19(24)7-5-14-4-6-18(28-14)22(25)26/h4-9H,10H2,1-3H3/b7-5+. The average molecular weight is 399 g/mol. The number of nitrogens with zero attached hydrogens (tertiary/aromatic N) is 3. The van der Waals surface area contributed by atoms with Crippen molar-refractivity contribution in [1.82, 2.24) is 9.72 Å². The lowest BCUT2D eigenvalue weighted by Crippen LogP contribution is -2.13. The molecule has 0 aliphatic carbocycles. The van der Waals surface area contributed by atoms with E-state index in [0.717, 1.165) is 11.8 Å². The van der Waals surface area contributed by atoms with E-state index in [1.54, 1.807) is 30.5 Å². The van der Waals surface area contributed by atoms with Gasteiger partial charge in [-0.2, -0.15) is 0 Å². The Labute approximate surface area is 164 Å². The van der Waals surface area contributed by atoms with Crippen molar-refractivity contribution in [3.8, 4) is 5.82 Å². The molecular weight excluding hydrogens is 382 g/mol. The van der Waals surface area contributed by atoms with E-state index in [1.165, 1.54) is 18.2 Å². The molecule has 0 saturated heterocycles. The monoisotopic (exact) mass is 399 g/mol. The van der Waals surface area contributed by atoms with Crippen LogP contribution >= 0.6 is 0 Å². The van der Waals surface area contributed by atoms with Gasteiger partial charge in [-0.3, -0.25) is 19.5 Å². The second-order valence-corrected chi connectivity index (χ2v) is 6.21. The van der Waals surface area contributed by atoms with Gasteiger partial charge in [0.05, 0.1) is 6.07 Å². The first-order valence-corrected chi connectivity index (χ1v) is 8.51. The van der Waals surface area contributed by atoms with Crippen molar-refractivity contribution >= 4 is 23.7 Å². The van der Waals surface area contributed by atoms with E-state index >= 15 is 0 Å². The van der Waals surface area contributed by atoms with Crippen LogP contribution in [-0.4, -0.2) is 33.0 Å². The van der Waals surface area contributed by atoms with Crippen molar-refractivity contribution < 1.29 is 28.2 Å². The number of ketones is 1. The van der Waals surface area contributed by atoms with Crippen LogP contribution in [0.2, 0.25) is 0 Å². The van der Waals surface area contributed by atoms with Gasteiger partial charge >= 0.3 is 11.9 Å². The van der Waals surface area contributed by atoms with Gasteiger partial charge in [0.15, 0.2) is 12.4 Å². The summed E-state index contributed by atoms with van der Waals surface area (Å²) in [5, 5.41) is 14.5. The molecule has 0 atom stereocenters. The summed E-state index contributed by atoms with van der Waals surface area (Å²) >= 11 is 0. The number of carbonyl (C=O) groups excluding carboxylic acids is 2. The number of ether oxygens (including phenoxy) is 1. The van der Waals surface area contributed by atoms with Crippen LogP contribution in [0.3, 0.4) is 0 Å². The Kier molecular flexibility index (Phi) is 5.44. The Morgan fingerprint density at radius 1 is 1.28 bits per heavy atom. The Bertz CT molecular complexity index is 1120. The van der Waals surface area contributed by atoms with Crippen molar-refractivity contribution in [3.63, 3.8) is 0 Å². The summed E-state index contributed by atoms with van der Waals surface area (Å²) in [6.07, 6.45) is 2.25. The van der Waals surface area contributed by atoms with E-state index in [1.807, 2.05) is 6.92 Å². The van der Waals surface area contributed by atoms with E-state index in [9.17, 15) is 19.7 Å². The van der Waals surface area contributed by atoms with Gasteiger partial charge in [0.25, 0.3) is 0 Å². The zero-order chi connectivity index (χ0) is 21.1. The molecule has 10 heteroatoms. The Morgan fingerprint density at radius 3 is 2.66 bits per heavy atom. The SMILES string of the molecule is Cc1cc(-n2c(C)cc(C(=O)COC(=O)/C=C/c3ccc([N+](=O)[O-])o3)c2C)no1. The van der Waals surface area contributed by atoms with E-state index in [-0.39, 0.29) is 11.5 Å². The zero-order valence-electron chi connectivity index (χ0n) is 15.9. The molecule has 0 saturated carbocycles. The van der Waals surface area contributed by atoms with Crippen LogP contribution < -0.4 is 0 Å². The molecule has 0 N–H and O–H groups in total. The van der Waals surface area contributed by atoms with E-state index < -0.39 is 23.4 Å². The molecule has 0 bridgehead atoms. The highest BCUT2D eigenvalue weighted by Gasteiger charge is 2.19. The maximum absolute atomic E-state index is 12.5. The number of carbonyl (C=O) groups is 2. The summed E-state index contributed by atoms with van der Waals surface area (Å²) in [6.45, 7) is 4.90. The number of furan rings is 1. The minimum Gasteiger partial charge on any atom is -0.454 e. The third-order valence-electron chi connectivity index (χ3n) is 4.10. The second-order valence-electron chi connectivity index (χ2n) is 6.21. The smallest absolute Gasteiger partial charge is 0.433 e. The second kappa shape index (κ2) is 7.97. The molecule has 0 fully saturated rings. The van der Waals surface area contributed by atoms with Crippen LogP contribution in [0.1, 0.15) is 33.3 Å². The van der Waals surface area contributed by atoms with Gasteiger partial charge in [-0.1, -0.05) is 5.16 Å². The molecule has 0 amide bonds. The van der Waals surface area contributed by atoms with Crippen molar-refractivity contribution in [2.24, 2.45) is 0 Å². The molecule has 0 radical (unpaired) electrons. The molecule has 0 aromatic carbocycles. The Morgan fingerprint density at radius 2 is 2.03 bits per heavy atom. The normalized spacial score (nSPS) is 11.1. The highest BCUT2D eigenvalue weighted by molar-refractivity contribution is 6.00. The number of hydrogen-bond donors (Lipinski definition) is 0. The molecule has 10 nitrogen and oxygen atoms in total. The number of rotatable bonds is 7. The molecular formula is C19H17N3O7. The molecule has 3 rings (SSSR count). The van der Waals surface area contributed by atoms with Crippen molar-refractivity contribution in [2.45, 2.75) is 20.8 Å². The summed E-state index contributed by atoms with van der Waals surface area (Å²) in [4.78, 5) is 34.2. The van der Waals surface area contributed by atoms with Gasteiger partial charge in [-0.25, -0.2) is 4.79 Å². The van der Waals surface area contributed by atoms with Crippen LogP contribution in [0, 0.1) is 30.9 Å². The molecule has 3 aromatic rings. The highest BCUT2D eigenvalue weighted by atomic mass is 16.6. The molecule has 0 spiro atoms. The van der Waals surface area contributed by atoms with Gasteiger partial charge < -0.3 is 13.7 Å². The Hall–Kier alpha value is -3.95. The van der Waals surface area contributed by atoms with Crippen molar-refractivity contribution in [1.29, 1.82) is 0 Å². The third-order valence-corrected chi connectivity index (χ3v) is 4.10. The fourth-order valence-electron chi connectivity index (χ4n) is 2.80. The summed E-state index contributed by atoms with van der Waals surface area (Å²) in [5.41, 5.74) is 1.83. The van der Waals surface area contributed by atoms with Crippen LogP contribution in [0.15, 0.2) is 39.3 Å². The number of Topliss-reactive ketones (excluding diaryl/α,β-unsaturated/α-hetero) is 1. The highest BCUT2D eigenvalue weighted by Crippen LogP contribution is 2.21. The number of aromatic nitrogens is 2. The molecule has 3 heterocycles. The molecule has 0 aliphatic rings.